The SMILES string of the molecule is CCN(CC)CCN1C(=O)C(O)=C(C(=O)CCc2ccccc2)C1c1ccc(C(C)(C)C)cc1. The number of aliphatic hydroxyl groups excluding tert-OH is 1. The van der Waals surface area contributed by atoms with Crippen molar-refractivity contribution in [2.24, 2.45) is 0 Å². The van der Waals surface area contributed by atoms with E-state index in [4.69, 9.17) is 0 Å². The topological polar surface area (TPSA) is 60.9 Å². The molecular weight excluding hydrogens is 424 g/mol. The van der Waals surface area contributed by atoms with Crippen molar-refractivity contribution in [2.45, 2.75) is 58.9 Å². The molecule has 5 nitrogen and oxygen atoms in total. The van der Waals surface area contributed by atoms with Crippen LogP contribution in [0.3, 0.4) is 0 Å². The average Bonchev–Trinajstić information content (AvgIpc) is 3.08. The first-order chi connectivity index (χ1) is 16.2. The lowest BCUT2D eigenvalue weighted by Crippen LogP contribution is -2.38. The quantitative estimate of drug-likeness (QED) is 0.526. The lowest BCUT2D eigenvalue weighted by molar-refractivity contribution is -0.129. The Morgan fingerprint density at radius 2 is 1.62 bits per heavy atom. The van der Waals surface area contributed by atoms with Crippen molar-refractivity contribution < 1.29 is 14.7 Å². The zero-order chi connectivity index (χ0) is 24.9. The number of hydrogen-bond acceptors (Lipinski definition) is 4. The average molecular weight is 463 g/mol. The number of carbonyl (C=O) groups is 2. The van der Waals surface area contributed by atoms with Crippen molar-refractivity contribution in [1.29, 1.82) is 0 Å². The van der Waals surface area contributed by atoms with E-state index in [0.29, 0.717) is 19.5 Å². The molecule has 2 aromatic carbocycles. The number of nitrogens with zero attached hydrogens (tertiary/aromatic N) is 2. The first-order valence-electron chi connectivity index (χ1n) is 12.3. The number of amides is 1. The number of benzene rings is 2. The van der Waals surface area contributed by atoms with E-state index in [2.05, 4.69) is 51.7 Å². The Morgan fingerprint density at radius 1 is 1.00 bits per heavy atom. The van der Waals surface area contributed by atoms with Crippen molar-refractivity contribution >= 4 is 11.7 Å². The highest BCUT2D eigenvalue weighted by Crippen LogP contribution is 2.39. The summed E-state index contributed by atoms with van der Waals surface area (Å²) >= 11 is 0. The van der Waals surface area contributed by atoms with E-state index in [1.54, 1.807) is 4.90 Å². The minimum Gasteiger partial charge on any atom is -0.503 e. The maximum absolute atomic E-state index is 13.4. The highest BCUT2D eigenvalue weighted by atomic mass is 16.3. The second-order valence-electron chi connectivity index (χ2n) is 9.97. The molecule has 0 aliphatic carbocycles. The molecular formula is C29H38N2O3. The van der Waals surface area contributed by atoms with Gasteiger partial charge < -0.3 is 14.9 Å². The third-order valence-corrected chi connectivity index (χ3v) is 6.73. The fourth-order valence-corrected chi connectivity index (χ4v) is 4.51. The molecule has 2 aromatic rings. The lowest BCUT2D eigenvalue weighted by Gasteiger charge is -2.30. The first-order valence-corrected chi connectivity index (χ1v) is 12.3. The number of hydrogen-bond donors (Lipinski definition) is 1. The number of carbonyl (C=O) groups excluding carboxylic acids is 2. The number of Topliss-reactive ketones (excluding diaryl/α,β-unsaturated/α-hetero) is 1. The van der Waals surface area contributed by atoms with Crippen molar-refractivity contribution in [1.82, 2.24) is 9.80 Å². The van der Waals surface area contributed by atoms with Crippen molar-refractivity contribution in [3.8, 4) is 0 Å². The summed E-state index contributed by atoms with van der Waals surface area (Å²) in [5, 5.41) is 10.8. The molecule has 0 saturated heterocycles. The number of aryl methyl sites for hydroxylation is 1. The minimum atomic E-state index is -0.569. The summed E-state index contributed by atoms with van der Waals surface area (Å²) < 4.78 is 0. The Labute approximate surface area is 204 Å². The molecule has 34 heavy (non-hydrogen) atoms. The van der Waals surface area contributed by atoms with Crippen LogP contribution in [0.25, 0.3) is 0 Å². The molecule has 1 atom stereocenters. The van der Waals surface area contributed by atoms with Gasteiger partial charge in [-0.1, -0.05) is 89.2 Å². The van der Waals surface area contributed by atoms with Gasteiger partial charge in [0.15, 0.2) is 11.5 Å². The summed E-state index contributed by atoms with van der Waals surface area (Å²) in [6, 6.07) is 17.3. The third kappa shape index (κ3) is 5.76. The van der Waals surface area contributed by atoms with Gasteiger partial charge in [0, 0.05) is 19.5 Å². The summed E-state index contributed by atoms with van der Waals surface area (Å²) in [6.45, 7) is 13.5. The van der Waals surface area contributed by atoms with E-state index in [9.17, 15) is 14.7 Å². The molecule has 1 amide bonds. The van der Waals surface area contributed by atoms with Gasteiger partial charge in [-0.15, -0.1) is 0 Å². The molecule has 1 aliphatic heterocycles. The zero-order valence-electron chi connectivity index (χ0n) is 21.2. The molecule has 5 heteroatoms. The van der Waals surface area contributed by atoms with Crippen LogP contribution in [-0.2, 0) is 21.4 Å². The first kappa shape index (κ1) is 25.7. The van der Waals surface area contributed by atoms with Crippen LogP contribution < -0.4 is 0 Å². The molecule has 1 unspecified atom stereocenters. The van der Waals surface area contributed by atoms with E-state index >= 15 is 0 Å². The summed E-state index contributed by atoms with van der Waals surface area (Å²) in [5.41, 5.74) is 3.32. The molecule has 0 bridgehead atoms. The van der Waals surface area contributed by atoms with Crippen LogP contribution in [0.15, 0.2) is 65.9 Å². The van der Waals surface area contributed by atoms with Crippen LogP contribution in [-0.4, -0.2) is 52.8 Å². The van der Waals surface area contributed by atoms with E-state index in [0.717, 1.165) is 24.2 Å². The number of aliphatic hydroxyl groups is 1. The molecule has 0 saturated carbocycles. The van der Waals surface area contributed by atoms with Crippen LogP contribution in [0, 0.1) is 0 Å². The molecule has 0 aromatic heterocycles. The van der Waals surface area contributed by atoms with Gasteiger partial charge in [-0.3, -0.25) is 9.59 Å². The van der Waals surface area contributed by atoms with Crippen LogP contribution in [0.4, 0.5) is 0 Å². The van der Waals surface area contributed by atoms with Gasteiger partial charge in [0.1, 0.15) is 0 Å². The van der Waals surface area contributed by atoms with E-state index in [1.807, 2.05) is 42.5 Å². The molecule has 1 N–H and O–H groups in total. The Morgan fingerprint density at radius 3 is 2.18 bits per heavy atom. The van der Waals surface area contributed by atoms with E-state index in [-0.39, 0.29) is 23.2 Å². The molecule has 0 fully saturated rings. The maximum atomic E-state index is 13.4. The predicted octanol–water partition coefficient (Wildman–Crippen LogP) is 5.22. The summed E-state index contributed by atoms with van der Waals surface area (Å²) in [4.78, 5) is 30.4. The molecule has 0 radical (unpaired) electrons. The summed E-state index contributed by atoms with van der Waals surface area (Å²) in [6.07, 6.45) is 0.816. The van der Waals surface area contributed by atoms with Crippen LogP contribution in [0.2, 0.25) is 0 Å². The highest BCUT2D eigenvalue weighted by molar-refractivity contribution is 6.09. The normalized spacial score (nSPS) is 16.6. The van der Waals surface area contributed by atoms with Crippen LogP contribution in [0.5, 0.6) is 0 Å². The summed E-state index contributed by atoms with van der Waals surface area (Å²) in [5.74, 6) is -1.03. The van der Waals surface area contributed by atoms with Crippen LogP contribution >= 0.6 is 0 Å². The maximum Gasteiger partial charge on any atom is 0.290 e. The largest absolute Gasteiger partial charge is 0.503 e. The van der Waals surface area contributed by atoms with Crippen LogP contribution in [0.1, 0.15) is 63.8 Å². The Balaban J connectivity index is 1.92. The van der Waals surface area contributed by atoms with Gasteiger partial charge in [0.05, 0.1) is 11.6 Å². The van der Waals surface area contributed by atoms with Gasteiger partial charge in [0.25, 0.3) is 5.91 Å². The molecule has 0 spiro atoms. The van der Waals surface area contributed by atoms with Gasteiger partial charge >= 0.3 is 0 Å². The molecule has 1 heterocycles. The Bertz CT molecular complexity index is 1020. The smallest absolute Gasteiger partial charge is 0.290 e. The Hall–Kier alpha value is -2.92. The summed E-state index contributed by atoms with van der Waals surface area (Å²) in [7, 11) is 0. The third-order valence-electron chi connectivity index (χ3n) is 6.73. The van der Waals surface area contributed by atoms with Crippen molar-refractivity contribution in [3.05, 3.63) is 82.6 Å². The molecule has 182 valence electrons. The highest BCUT2D eigenvalue weighted by Gasteiger charge is 2.43. The molecule has 1 aliphatic rings. The Kier molecular flexibility index (Phi) is 8.32. The van der Waals surface area contributed by atoms with Crippen molar-refractivity contribution in [2.75, 3.05) is 26.2 Å². The predicted molar refractivity (Wildman–Crippen MR) is 137 cm³/mol. The lowest BCUT2D eigenvalue weighted by atomic mass is 9.85. The fraction of sp³-hybridized carbons (Fsp3) is 0.448. The second-order valence-corrected chi connectivity index (χ2v) is 9.97. The number of likely N-dealkylation sites (N-methyl/N-ethyl adjacent to an activating group) is 1. The van der Waals surface area contributed by atoms with Crippen molar-refractivity contribution in [3.63, 3.8) is 0 Å². The minimum absolute atomic E-state index is 0.00121. The number of ketones is 1. The van der Waals surface area contributed by atoms with E-state index < -0.39 is 17.7 Å². The van der Waals surface area contributed by atoms with Gasteiger partial charge in [-0.05, 0) is 41.6 Å². The van der Waals surface area contributed by atoms with Gasteiger partial charge in [-0.25, -0.2) is 0 Å². The second kappa shape index (κ2) is 11.0. The monoisotopic (exact) mass is 462 g/mol. The number of rotatable bonds is 10. The van der Waals surface area contributed by atoms with Gasteiger partial charge in [0.2, 0.25) is 0 Å². The van der Waals surface area contributed by atoms with E-state index in [1.165, 1.54) is 5.56 Å². The fourth-order valence-electron chi connectivity index (χ4n) is 4.51. The molecule has 3 rings (SSSR count). The van der Waals surface area contributed by atoms with Gasteiger partial charge in [-0.2, -0.15) is 0 Å². The standard InChI is InChI=1S/C29H38N2O3/c1-6-30(7-2)19-20-31-26(22-14-16-23(17-15-22)29(3,4)5)25(27(33)28(31)34)24(32)18-13-21-11-9-8-10-12-21/h8-12,14-17,26,33H,6-7,13,18-20H2,1-5H3. The zero-order valence-corrected chi connectivity index (χ0v) is 21.2.